The summed E-state index contributed by atoms with van der Waals surface area (Å²) in [5.74, 6) is 0.158. The summed E-state index contributed by atoms with van der Waals surface area (Å²) in [6.07, 6.45) is 4.72. The summed E-state index contributed by atoms with van der Waals surface area (Å²) in [5.41, 5.74) is 3.26. The minimum atomic E-state index is -0.751. The smallest absolute Gasteiger partial charge is 0.303 e. The second kappa shape index (κ2) is 8.29. The van der Waals surface area contributed by atoms with E-state index in [0.717, 1.165) is 36.1 Å². The molecular formula is C23H20ClFO4. The van der Waals surface area contributed by atoms with Gasteiger partial charge in [0, 0.05) is 29.0 Å². The van der Waals surface area contributed by atoms with Gasteiger partial charge >= 0.3 is 5.97 Å². The predicted molar refractivity (Wildman–Crippen MR) is 110 cm³/mol. The van der Waals surface area contributed by atoms with Crippen LogP contribution in [-0.2, 0) is 11.4 Å². The van der Waals surface area contributed by atoms with Crippen LogP contribution in [0.2, 0.25) is 5.02 Å². The number of para-hydroxylation sites is 1. The minimum absolute atomic E-state index is 0.181. The molecule has 1 heterocycles. The molecule has 1 aliphatic carbocycles. The SMILES string of the molecule is O=C(O)CC1CC=C(c2ccccc2OCc2ccc(Cl)c3cc(F)oc23)CC1. The molecule has 3 aromatic rings. The monoisotopic (exact) mass is 414 g/mol. The molecule has 29 heavy (non-hydrogen) atoms. The van der Waals surface area contributed by atoms with Crippen molar-refractivity contribution in [3.63, 3.8) is 0 Å². The lowest BCUT2D eigenvalue weighted by atomic mass is 9.85. The Bertz CT molecular complexity index is 1090. The van der Waals surface area contributed by atoms with Crippen molar-refractivity contribution in [1.29, 1.82) is 0 Å². The van der Waals surface area contributed by atoms with Gasteiger partial charge < -0.3 is 14.3 Å². The van der Waals surface area contributed by atoms with Gasteiger partial charge in [0.15, 0.2) is 0 Å². The van der Waals surface area contributed by atoms with E-state index in [1.54, 1.807) is 12.1 Å². The highest BCUT2D eigenvalue weighted by atomic mass is 35.5. The Morgan fingerprint density at radius 2 is 2.10 bits per heavy atom. The van der Waals surface area contributed by atoms with E-state index in [1.165, 1.54) is 6.07 Å². The van der Waals surface area contributed by atoms with Crippen molar-refractivity contribution >= 4 is 34.1 Å². The Balaban J connectivity index is 1.54. The van der Waals surface area contributed by atoms with Crippen LogP contribution < -0.4 is 4.74 Å². The Morgan fingerprint density at radius 1 is 1.28 bits per heavy atom. The molecular weight excluding hydrogens is 395 g/mol. The number of ether oxygens (including phenoxy) is 1. The third-order valence-electron chi connectivity index (χ3n) is 5.28. The number of carboxylic acid groups (broad SMARTS) is 1. The molecule has 1 aromatic heterocycles. The summed E-state index contributed by atoms with van der Waals surface area (Å²) in [6, 6.07) is 11.8. The predicted octanol–water partition coefficient (Wildman–Crippen LogP) is 6.46. The molecule has 0 radical (unpaired) electrons. The Labute approximate surface area is 172 Å². The molecule has 4 rings (SSSR count). The van der Waals surface area contributed by atoms with Crippen LogP contribution in [0, 0.1) is 11.9 Å². The van der Waals surface area contributed by atoms with E-state index in [2.05, 4.69) is 6.08 Å². The van der Waals surface area contributed by atoms with Crippen LogP contribution >= 0.6 is 11.6 Å². The van der Waals surface area contributed by atoms with E-state index in [0.29, 0.717) is 21.6 Å². The number of hydrogen-bond acceptors (Lipinski definition) is 3. The molecule has 0 spiro atoms. The lowest BCUT2D eigenvalue weighted by Crippen LogP contribution is -2.11. The topological polar surface area (TPSA) is 59.7 Å². The summed E-state index contributed by atoms with van der Waals surface area (Å²) in [4.78, 5) is 10.9. The van der Waals surface area contributed by atoms with Crippen molar-refractivity contribution in [2.45, 2.75) is 32.3 Å². The molecule has 0 bridgehead atoms. The average Bonchev–Trinajstić information content (AvgIpc) is 3.11. The number of carboxylic acids is 1. The summed E-state index contributed by atoms with van der Waals surface area (Å²) in [5, 5.41) is 9.94. The molecule has 0 saturated heterocycles. The van der Waals surface area contributed by atoms with Crippen LogP contribution in [0.15, 0.2) is 53.0 Å². The first-order chi connectivity index (χ1) is 14.0. The van der Waals surface area contributed by atoms with Crippen molar-refractivity contribution in [3.8, 4) is 5.75 Å². The van der Waals surface area contributed by atoms with E-state index in [4.69, 9.17) is 25.9 Å². The van der Waals surface area contributed by atoms with Gasteiger partial charge in [0.2, 0.25) is 0 Å². The number of fused-ring (bicyclic) bond motifs is 1. The van der Waals surface area contributed by atoms with Gasteiger partial charge in [-0.05, 0) is 42.9 Å². The number of rotatable bonds is 6. The maximum atomic E-state index is 13.6. The molecule has 6 heteroatoms. The van der Waals surface area contributed by atoms with Gasteiger partial charge in [-0.15, -0.1) is 0 Å². The highest BCUT2D eigenvalue weighted by Crippen LogP contribution is 2.36. The van der Waals surface area contributed by atoms with Crippen LogP contribution in [0.3, 0.4) is 0 Å². The van der Waals surface area contributed by atoms with E-state index in [9.17, 15) is 9.18 Å². The van der Waals surface area contributed by atoms with Crippen LogP contribution in [0.5, 0.6) is 5.75 Å². The normalized spacial score (nSPS) is 16.6. The summed E-state index contributed by atoms with van der Waals surface area (Å²) in [6.45, 7) is 0.215. The largest absolute Gasteiger partial charge is 0.488 e. The number of hydrogen-bond donors (Lipinski definition) is 1. The number of carbonyl (C=O) groups is 1. The Hall–Kier alpha value is -2.79. The fraction of sp³-hybridized carbons (Fsp3) is 0.261. The fourth-order valence-electron chi connectivity index (χ4n) is 3.81. The highest BCUT2D eigenvalue weighted by molar-refractivity contribution is 6.35. The van der Waals surface area contributed by atoms with Gasteiger partial charge in [0.25, 0.3) is 6.01 Å². The van der Waals surface area contributed by atoms with E-state index < -0.39 is 12.0 Å². The number of allylic oxidation sites excluding steroid dienone is 2. The molecule has 4 nitrogen and oxygen atoms in total. The number of halogens is 2. The molecule has 1 atom stereocenters. The first-order valence-corrected chi connectivity index (χ1v) is 9.88. The van der Waals surface area contributed by atoms with Crippen LogP contribution in [0.25, 0.3) is 16.5 Å². The summed E-state index contributed by atoms with van der Waals surface area (Å²) >= 11 is 6.12. The molecule has 1 unspecified atom stereocenters. The van der Waals surface area contributed by atoms with Crippen molar-refractivity contribution < 1.29 is 23.4 Å². The van der Waals surface area contributed by atoms with Crippen molar-refractivity contribution in [1.82, 2.24) is 0 Å². The second-order valence-electron chi connectivity index (χ2n) is 7.25. The maximum Gasteiger partial charge on any atom is 0.303 e. The molecule has 0 fully saturated rings. The standard InChI is InChI=1S/C23H20ClFO4/c24-19-10-9-16(23-18(19)12-21(25)29-23)13-28-20-4-2-1-3-17(20)15-7-5-14(6-8-15)11-22(26)27/h1-4,7,9-10,12,14H,5-6,8,11,13H2,(H,26,27). The number of aliphatic carboxylic acids is 1. The van der Waals surface area contributed by atoms with E-state index in [-0.39, 0.29) is 18.9 Å². The first kappa shape index (κ1) is 19.5. The lowest BCUT2D eigenvalue weighted by Gasteiger charge is -2.22. The molecule has 1 aliphatic rings. The zero-order chi connectivity index (χ0) is 20.4. The molecule has 2 aromatic carbocycles. The first-order valence-electron chi connectivity index (χ1n) is 9.50. The van der Waals surface area contributed by atoms with Gasteiger partial charge in [-0.2, -0.15) is 4.39 Å². The van der Waals surface area contributed by atoms with Crippen LogP contribution in [-0.4, -0.2) is 11.1 Å². The van der Waals surface area contributed by atoms with E-state index in [1.807, 2.05) is 24.3 Å². The fourth-order valence-corrected chi connectivity index (χ4v) is 4.01. The number of furan rings is 1. The second-order valence-corrected chi connectivity index (χ2v) is 7.66. The molecule has 0 aliphatic heterocycles. The molecule has 0 amide bonds. The quantitative estimate of drug-likeness (QED) is 0.502. The summed E-state index contributed by atoms with van der Waals surface area (Å²) in [7, 11) is 0. The highest BCUT2D eigenvalue weighted by Gasteiger charge is 2.20. The van der Waals surface area contributed by atoms with Crippen LogP contribution in [0.1, 0.15) is 36.8 Å². The van der Waals surface area contributed by atoms with Crippen molar-refractivity contribution in [3.05, 3.63) is 70.7 Å². The van der Waals surface area contributed by atoms with Crippen LogP contribution in [0.4, 0.5) is 4.39 Å². The Morgan fingerprint density at radius 3 is 2.86 bits per heavy atom. The number of benzene rings is 2. The minimum Gasteiger partial charge on any atom is -0.488 e. The Kier molecular flexibility index (Phi) is 5.58. The lowest BCUT2D eigenvalue weighted by molar-refractivity contribution is -0.138. The van der Waals surface area contributed by atoms with Gasteiger partial charge in [0.05, 0.1) is 5.02 Å². The van der Waals surface area contributed by atoms with E-state index >= 15 is 0 Å². The van der Waals surface area contributed by atoms with Gasteiger partial charge in [0.1, 0.15) is 17.9 Å². The van der Waals surface area contributed by atoms with Gasteiger partial charge in [-0.3, -0.25) is 4.79 Å². The zero-order valence-electron chi connectivity index (χ0n) is 15.7. The zero-order valence-corrected chi connectivity index (χ0v) is 16.4. The summed E-state index contributed by atoms with van der Waals surface area (Å²) < 4.78 is 24.8. The third kappa shape index (κ3) is 4.30. The van der Waals surface area contributed by atoms with Crippen molar-refractivity contribution in [2.24, 2.45) is 5.92 Å². The molecule has 150 valence electrons. The van der Waals surface area contributed by atoms with Gasteiger partial charge in [-0.1, -0.05) is 41.9 Å². The third-order valence-corrected chi connectivity index (χ3v) is 5.61. The van der Waals surface area contributed by atoms with Crippen molar-refractivity contribution in [2.75, 3.05) is 0 Å². The molecule has 0 saturated carbocycles. The average molecular weight is 415 g/mol. The maximum absolute atomic E-state index is 13.6. The van der Waals surface area contributed by atoms with Gasteiger partial charge in [-0.25, -0.2) is 0 Å². The molecule has 1 N–H and O–H groups in total.